The van der Waals surface area contributed by atoms with E-state index in [0.29, 0.717) is 24.1 Å². The Balaban J connectivity index is 2.05. The number of nitrogens with one attached hydrogen (secondary N) is 1. The van der Waals surface area contributed by atoms with Gasteiger partial charge in [-0.25, -0.2) is 4.79 Å². The fraction of sp³-hybridized carbons (Fsp3) is 0.250. The average Bonchev–Trinajstić information content (AvgIpc) is 2.69. The second-order valence-corrected chi connectivity index (χ2v) is 6.11. The standard InChI is InChI=1S/C20H21N3O4/c1-27-12-11-21-18(24)14-22-17-10-6-5-9-16(17)19(25)23(20(22)26)13-15-7-3-2-4-8-15/h2-10H,11-14H2,1H3,(H,21,24). The normalized spacial score (nSPS) is 10.9. The molecule has 0 aliphatic carbocycles. The van der Waals surface area contributed by atoms with Crippen molar-refractivity contribution < 1.29 is 9.53 Å². The molecule has 0 aliphatic heterocycles. The number of fused-ring (bicyclic) bond motifs is 1. The van der Waals surface area contributed by atoms with Gasteiger partial charge in [-0.05, 0) is 17.7 Å². The summed E-state index contributed by atoms with van der Waals surface area (Å²) in [6.07, 6.45) is 0. The summed E-state index contributed by atoms with van der Waals surface area (Å²) in [4.78, 5) is 38.1. The molecule has 0 radical (unpaired) electrons. The highest BCUT2D eigenvalue weighted by molar-refractivity contribution is 5.81. The zero-order valence-corrected chi connectivity index (χ0v) is 15.1. The number of amides is 1. The minimum atomic E-state index is -0.510. The molecular weight excluding hydrogens is 346 g/mol. The van der Waals surface area contributed by atoms with Gasteiger partial charge in [0.15, 0.2) is 0 Å². The van der Waals surface area contributed by atoms with Gasteiger partial charge < -0.3 is 10.1 Å². The molecule has 7 heteroatoms. The van der Waals surface area contributed by atoms with E-state index >= 15 is 0 Å². The van der Waals surface area contributed by atoms with Crippen LogP contribution < -0.4 is 16.6 Å². The first-order valence-corrected chi connectivity index (χ1v) is 8.63. The van der Waals surface area contributed by atoms with E-state index in [1.807, 2.05) is 30.3 Å². The van der Waals surface area contributed by atoms with Crippen LogP contribution in [-0.4, -0.2) is 35.3 Å². The minimum Gasteiger partial charge on any atom is -0.383 e. The summed E-state index contributed by atoms with van der Waals surface area (Å²) < 4.78 is 7.41. The Morgan fingerprint density at radius 3 is 2.44 bits per heavy atom. The number of hydrogen-bond acceptors (Lipinski definition) is 4. The maximum Gasteiger partial charge on any atom is 0.332 e. The van der Waals surface area contributed by atoms with Crippen molar-refractivity contribution in [1.29, 1.82) is 0 Å². The van der Waals surface area contributed by atoms with E-state index in [1.165, 1.54) is 9.13 Å². The Hall–Kier alpha value is -3.19. The zero-order chi connectivity index (χ0) is 19.2. The fourth-order valence-corrected chi connectivity index (χ4v) is 2.92. The maximum absolute atomic E-state index is 13.0. The molecule has 0 spiro atoms. The van der Waals surface area contributed by atoms with Gasteiger partial charge >= 0.3 is 5.69 Å². The molecule has 0 aliphatic rings. The Morgan fingerprint density at radius 2 is 1.70 bits per heavy atom. The molecule has 1 N–H and O–H groups in total. The van der Waals surface area contributed by atoms with E-state index in [2.05, 4.69) is 5.32 Å². The van der Waals surface area contributed by atoms with Crippen LogP contribution in [0.4, 0.5) is 0 Å². The topological polar surface area (TPSA) is 82.3 Å². The lowest BCUT2D eigenvalue weighted by atomic mass is 10.2. The number of methoxy groups -OCH3 is 1. The third-order valence-electron chi connectivity index (χ3n) is 4.25. The van der Waals surface area contributed by atoms with Crippen molar-refractivity contribution in [2.24, 2.45) is 0 Å². The molecule has 1 heterocycles. The van der Waals surface area contributed by atoms with Crippen LogP contribution in [0.25, 0.3) is 10.9 Å². The summed E-state index contributed by atoms with van der Waals surface area (Å²) in [5.41, 5.74) is 0.404. The third kappa shape index (κ3) is 4.15. The molecular formula is C20H21N3O4. The Kier molecular flexibility index (Phi) is 5.83. The van der Waals surface area contributed by atoms with Gasteiger partial charge in [0, 0.05) is 13.7 Å². The molecule has 1 aromatic heterocycles. The first-order valence-electron chi connectivity index (χ1n) is 8.63. The number of ether oxygens (including phenoxy) is 1. The summed E-state index contributed by atoms with van der Waals surface area (Å²) in [7, 11) is 1.55. The van der Waals surface area contributed by atoms with Gasteiger partial charge in [-0.3, -0.25) is 18.7 Å². The molecule has 3 rings (SSSR count). The van der Waals surface area contributed by atoms with Crippen LogP contribution in [0, 0.1) is 0 Å². The van der Waals surface area contributed by atoms with E-state index in [-0.39, 0.29) is 24.6 Å². The van der Waals surface area contributed by atoms with Crippen LogP contribution in [0.2, 0.25) is 0 Å². The van der Waals surface area contributed by atoms with E-state index < -0.39 is 5.69 Å². The lowest BCUT2D eigenvalue weighted by molar-refractivity contribution is -0.121. The van der Waals surface area contributed by atoms with Crippen LogP contribution in [0.1, 0.15) is 5.56 Å². The zero-order valence-electron chi connectivity index (χ0n) is 15.1. The SMILES string of the molecule is COCCNC(=O)Cn1c(=O)n(Cc2ccccc2)c(=O)c2ccccc21. The van der Waals surface area contributed by atoms with Gasteiger partial charge in [0.1, 0.15) is 6.54 Å². The highest BCUT2D eigenvalue weighted by Crippen LogP contribution is 2.08. The molecule has 1 amide bonds. The molecule has 27 heavy (non-hydrogen) atoms. The Morgan fingerprint density at radius 1 is 1.00 bits per heavy atom. The summed E-state index contributed by atoms with van der Waals surface area (Å²) in [5.74, 6) is -0.316. The smallest absolute Gasteiger partial charge is 0.332 e. The van der Waals surface area contributed by atoms with Crippen LogP contribution in [0.3, 0.4) is 0 Å². The lowest BCUT2D eigenvalue weighted by Crippen LogP contribution is -2.43. The van der Waals surface area contributed by atoms with E-state index in [0.717, 1.165) is 5.56 Å². The number of aromatic nitrogens is 2. The molecule has 140 valence electrons. The molecule has 7 nitrogen and oxygen atoms in total. The van der Waals surface area contributed by atoms with E-state index in [4.69, 9.17) is 4.74 Å². The van der Waals surface area contributed by atoms with Gasteiger partial charge in [-0.15, -0.1) is 0 Å². The van der Waals surface area contributed by atoms with E-state index in [9.17, 15) is 14.4 Å². The van der Waals surface area contributed by atoms with Gasteiger partial charge in [0.05, 0.1) is 24.1 Å². The monoisotopic (exact) mass is 367 g/mol. The molecule has 2 aromatic carbocycles. The van der Waals surface area contributed by atoms with Crippen LogP contribution in [0.15, 0.2) is 64.2 Å². The first kappa shape index (κ1) is 18.6. The number of benzene rings is 2. The van der Waals surface area contributed by atoms with Crippen LogP contribution >= 0.6 is 0 Å². The third-order valence-corrected chi connectivity index (χ3v) is 4.25. The largest absolute Gasteiger partial charge is 0.383 e. The highest BCUT2D eigenvalue weighted by Gasteiger charge is 2.15. The maximum atomic E-state index is 13.0. The van der Waals surface area contributed by atoms with Crippen molar-refractivity contribution in [2.75, 3.05) is 20.3 Å². The molecule has 3 aromatic rings. The number of para-hydroxylation sites is 1. The number of carbonyl (C=O) groups is 1. The molecule has 0 atom stereocenters. The van der Waals surface area contributed by atoms with Crippen molar-refractivity contribution in [3.63, 3.8) is 0 Å². The Bertz CT molecular complexity index is 1050. The van der Waals surface area contributed by atoms with Gasteiger partial charge in [-0.1, -0.05) is 42.5 Å². The van der Waals surface area contributed by atoms with E-state index in [1.54, 1.807) is 31.4 Å². The number of carbonyl (C=O) groups excluding carboxylic acids is 1. The van der Waals surface area contributed by atoms with Crippen molar-refractivity contribution in [2.45, 2.75) is 13.1 Å². The van der Waals surface area contributed by atoms with Crippen molar-refractivity contribution >= 4 is 16.8 Å². The highest BCUT2D eigenvalue weighted by atomic mass is 16.5. The summed E-state index contributed by atoms with van der Waals surface area (Å²) in [6.45, 7) is 0.716. The summed E-state index contributed by atoms with van der Waals surface area (Å²) >= 11 is 0. The average molecular weight is 367 g/mol. The van der Waals surface area contributed by atoms with Crippen LogP contribution in [0.5, 0.6) is 0 Å². The van der Waals surface area contributed by atoms with Gasteiger partial charge in [0.2, 0.25) is 5.91 Å². The molecule has 0 bridgehead atoms. The summed E-state index contributed by atoms with van der Waals surface area (Å²) in [5, 5.41) is 3.10. The fourth-order valence-electron chi connectivity index (χ4n) is 2.92. The van der Waals surface area contributed by atoms with Gasteiger partial charge in [0.25, 0.3) is 5.56 Å². The van der Waals surface area contributed by atoms with Gasteiger partial charge in [-0.2, -0.15) is 0 Å². The number of rotatable bonds is 7. The predicted octanol–water partition coefficient (Wildman–Crippen LogP) is 0.974. The minimum absolute atomic E-state index is 0.147. The lowest BCUT2D eigenvalue weighted by Gasteiger charge is -2.14. The van der Waals surface area contributed by atoms with Crippen LogP contribution in [-0.2, 0) is 22.6 Å². The van der Waals surface area contributed by atoms with Crippen molar-refractivity contribution in [1.82, 2.24) is 14.5 Å². The number of hydrogen-bond donors (Lipinski definition) is 1. The molecule has 0 saturated heterocycles. The van der Waals surface area contributed by atoms with Crippen molar-refractivity contribution in [3.05, 3.63) is 81.0 Å². The quantitative estimate of drug-likeness (QED) is 0.631. The second-order valence-electron chi connectivity index (χ2n) is 6.11. The molecule has 0 unspecified atom stereocenters. The molecule has 0 saturated carbocycles. The number of nitrogens with zero attached hydrogens (tertiary/aromatic N) is 2. The first-order chi connectivity index (χ1) is 13.1. The predicted molar refractivity (Wildman–Crippen MR) is 103 cm³/mol. The summed E-state index contributed by atoms with van der Waals surface area (Å²) in [6, 6.07) is 16.1. The Labute approximate surface area is 155 Å². The second kappa shape index (κ2) is 8.46. The molecule has 0 fully saturated rings. The van der Waals surface area contributed by atoms with Crippen molar-refractivity contribution in [3.8, 4) is 0 Å².